The molecule has 2 aromatic carbocycles. The van der Waals surface area contributed by atoms with Crippen LogP contribution < -0.4 is 10.6 Å². The Kier molecular flexibility index (Phi) is 16.4. The minimum Gasteiger partial charge on any atom is -0.388 e. The van der Waals surface area contributed by atoms with Crippen molar-refractivity contribution in [3.8, 4) is 0 Å². The van der Waals surface area contributed by atoms with Gasteiger partial charge >= 0.3 is 0 Å². The van der Waals surface area contributed by atoms with E-state index in [0.717, 1.165) is 81.1 Å². The van der Waals surface area contributed by atoms with Crippen LogP contribution in [0.1, 0.15) is 63.5 Å². The van der Waals surface area contributed by atoms with Gasteiger partial charge in [0.15, 0.2) is 0 Å². The molecule has 10 heteroatoms. The smallest absolute Gasteiger partial charge is 0.230 e. The van der Waals surface area contributed by atoms with Crippen molar-refractivity contribution >= 4 is 49.0 Å². The number of hydrogen-bond donors (Lipinski definition) is 2. The summed E-state index contributed by atoms with van der Waals surface area (Å²) in [6, 6.07) is 16.1. The number of aldehydes is 1. The lowest BCUT2D eigenvalue weighted by Gasteiger charge is -2.49. The first-order chi connectivity index (χ1) is 21.5. The van der Waals surface area contributed by atoms with Gasteiger partial charge in [0.2, 0.25) is 17.7 Å². The molecule has 2 N–H and O–H groups in total. The van der Waals surface area contributed by atoms with E-state index in [-0.39, 0.29) is 28.6 Å². The summed E-state index contributed by atoms with van der Waals surface area (Å²) >= 11 is 0. The van der Waals surface area contributed by atoms with Crippen LogP contribution in [-0.4, -0.2) is 81.6 Å². The van der Waals surface area contributed by atoms with Crippen molar-refractivity contribution in [3.05, 3.63) is 59.7 Å². The molecule has 2 aromatic rings. The lowest BCUT2D eigenvalue weighted by Crippen LogP contribution is -2.48. The van der Waals surface area contributed by atoms with Crippen molar-refractivity contribution in [1.29, 1.82) is 0 Å². The molecular weight excluding hydrogens is 572 g/mol. The second kappa shape index (κ2) is 19.1. The minimum absolute atomic E-state index is 0.0618. The number of hydrogen-bond acceptors (Lipinski definition) is 7. The van der Waals surface area contributed by atoms with E-state index in [4.69, 9.17) is 9.59 Å². The Morgan fingerprint density at radius 3 is 1.42 bits per heavy atom. The molecule has 3 amide bonds. The van der Waals surface area contributed by atoms with Gasteiger partial charge in [-0.2, -0.15) is 0 Å². The van der Waals surface area contributed by atoms with E-state index >= 15 is 0 Å². The number of amides is 3. The highest BCUT2D eigenvalue weighted by molar-refractivity contribution is 5.95. The molecule has 3 saturated carbocycles. The Labute approximate surface area is 267 Å². The van der Waals surface area contributed by atoms with Crippen LogP contribution in [-0.2, 0) is 41.6 Å². The summed E-state index contributed by atoms with van der Waals surface area (Å²) < 4.78 is 0. The van der Waals surface area contributed by atoms with Gasteiger partial charge in [-0.25, -0.2) is 0 Å². The lowest BCUT2D eigenvalue weighted by atomic mass is 9.54. The predicted molar refractivity (Wildman–Crippen MR) is 178 cm³/mol. The highest BCUT2D eigenvalue weighted by atomic mass is 16.2. The van der Waals surface area contributed by atoms with E-state index in [9.17, 15) is 19.2 Å². The first kappa shape index (κ1) is 38.7. The van der Waals surface area contributed by atoms with Gasteiger partial charge in [0.05, 0.1) is 0 Å². The third-order valence-electron chi connectivity index (χ3n) is 9.04. The average molecular weight is 623 g/mol. The molecule has 0 unspecified atom stereocenters. The standard InChI is InChI=1S/C21H28N2O3.C12H18N2O.2CH2O/c1-16(25)23(2)14-7-17-3-5-18(6-4-17)22-19(26)21-11-8-20(15-24,9-12-21)10-13-21;1-10(15)14(3)9-8-11-4-6-12(13-2)7-5-11;2*1-2/h3-6,15H,7-14H2,1-2H3,(H,22,26);4-7,13H,8-9H2,1-3H3;2*1H2. The molecule has 0 atom stereocenters. The van der Waals surface area contributed by atoms with E-state index in [0.29, 0.717) is 6.54 Å². The summed E-state index contributed by atoms with van der Waals surface area (Å²) in [5.74, 6) is 0.273. The normalized spacial score (nSPS) is 19.0. The average Bonchev–Trinajstić information content (AvgIpc) is 3.09. The highest BCUT2D eigenvalue weighted by Crippen LogP contribution is 2.56. The number of likely N-dealkylation sites (N-methyl/N-ethyl adjacent to an activating group) is 2. The lowest BCUT2D eigenvalue weighted by molar-refractivity contribution is -0.139. The van der Waals surface area contributed by atoms with Gasteiger partial charge in [-0.3, -0.25) is 14.4 Å². The van der Waals surface area contributed by atoms with Gasteiger partial charge < -0.3 is 34.8 Å². The Morgan fingerprint density at radius 1 is 0.711 bits per heavy atom. The van der Waals surface area contributed by atoms with Crippen LogP contribution in [0.5, 0.6) is 0 Å². The zero-order valence-electron chi connectivity index (χ0n) is 27.5. The maximum atomic E-state index is 12.9. The van der Waals surface area contributed by atoms with Gasteiger partial charge in [0.1, 0.15) is 19.9 Å². The van der Waals surface area contributed by atoms with Gasteiger partial charge in [-0.05, 0) is 86.8 Å². The molecule has 2 bridgehead atoms. The fourth-order valence-corrected chi connectivity index (χ4v) is 5.50. The molecule has 0 aliphatic heterocycles. The third kappa shape index (κ3) is 11.6. The minimum atomic E-state index is -0.298. The fraction of sp³-hybridized carbons (Fsp3) is 0.486. The third-order valence-corrected chi connectivity index (χ3v) is 9.04. The SMILES string of the molecule is C=O.C=O.CC(=O)N(C)CCc1ccc(NC(=O)C23CCC(C=O)(CC2)CC3)cc1.CNc1ccc(CCN(C)C(C)=O)cc1. The number of carbonyl (C=O) groups excluding carboxylic acids is 6. The molecular formula is C35H50N4O6. The zero-order chi connectivity index (χ0) is 34.0. The second-order valence-corrected chi connectivity index (χ2v) is 11.7. The van der Waals surface area contributed by atoms with Crippen molar-refractivity contribution in [2.24, 2.45) is 10.8 Å². The van der Waals surface area contributed by atoms with Crippen LogP contribution in [0.3, 0.4) is 0 Å². The molecule has 0 saturated heterocycles. The molecule has 3 fully saturated rings. The molecule has 45 heavy (non-hydrogen) atoms. The van der Waals surface area contributed by atoms with Crippen molar-refractivity contribution < 1.29 is 28.8 Å². The number of nitrogens with one attached hydrogen (secondary N) is 2. The Bertz CT molecular complexity index is 1210. The van der Waals surface area contributed by atoms with Crippen molar-refractivity contribution in [2.45, 2.75) is 65.2 Å². The highest BCUT2D eigenvalue weighted by Gasteiger charge is 2.52. The van der Waals surface area contributed by atoms with E-state index in [2.05, 4.69) is 22.8 Å². The van der Waals surface area contributed by atoms with Crippen LogP contribution in [0.2, 0.25) is 0 Å². The van der Waals surface area contributed by atoms with Gasteiger partial charge in [-0.1, -0.05) is 24.3 Å². The zero-order valence-corrected chi connectivity index (χ0v) is 27.5. The Hall–Kier alpha value is -4.34. The number of carbonyl (C=O) groups is 6. The summed E-state index contributed by atoms with van der Waals surface area (Å²) in [7, 11) is 5.52. The first-order valence-electron chi connectivity index (χ1n) is 15.2. The van der Waals surface area contributed by atoms with Crippen LogP contribution in [0.25, 0.3) is 0 Å². The molecule has 246 valence electrons. The van der Waals surface area contributed by atoms with Gasteiger partial charge in [-0.15, -0.1) is 0 Å². The maximum absolute atomic E-state index is 12.9. The number of anilines is 2. The molecule has 10 nitrogen and oxygen atoms in total. The fourth-order valence-electron chi connectivity index (χ4n) is 5.50. The Balaban J connectivity index is 0.000000455. The van der Waals surface area contributed by atoms with Crippen molar-refractivity contribution in [2.75, 3.05) is 44.9 Å². The number of rotatable bonds is 10. The quantitative estimate of drug-likeness (QED) is 0.371. The molecule has 0 spiro atoms. The molecule has 0 radical (unpaired) electrons. The summed E-state index contributed by atoms with van der Waals surface area (Å²) in [4.78, 5) is 65.9. The van der Waals surface area contributed by atoms with Gasteiger partial charge in [0, 0.05) is 70.3 Å². The van der Waals surface area contributed by atoms with E-state index in [1.165, 1.54) is 5.56 Å². The number of nitrogens with zero attached hydrogens (tertiary/aromatic N) is 2. The van der Waals surface area contributed by atoms with Crippen LogP contribution in [0, 0.1) is 10.8 Å². The van der Waals surface area contributed by atoms with E-state index < -0.39 is 0 Å². The van der Waals surface area contributed by atoms with Gasteiger partial charge in [0.25, 0.3) is 0 Å². The number of fused-ring (bicyclic) bond motifs is 3. The Morgan fingerprint density at radius 2 is 1.09 bits per heavy atom. The molecule has 3 aliphatic carbocycles. The monoisotopic (exact) mass is 622 g/mol. The molecule has 0 aromatic heterocycles. The summed E-state index contributed by atoms with van der Waals surface area (Å²) in [5.41, 5.74) is 3.86. The molecule has 3 aliphatic rings. The summed E-state index contributed by atoms with van der Waals surface area (Å²) in [5, 5.41) is 6.15. The van der Waals surface area contributed by atoms with Crippen molar-refractivity contribution in [1.82, 2.24) is 9.80 Å². The molecule has 0 heterocycles. The summed E-state index contributed by atoms with van der Waals surface area (Å²) in [6.45, 7) is 8.61. The maximum Gasteiger partial charge on any atom is 0.230 e. The second-order valence-electron chi connectivity index (χ2n) is 11.7. The van der Waals surface area contributed by atoms with E-state index in [1.807, 2.05) is 64.1 Å². The van der Waals surface area contributed by atoms with Crippen LogP contribution >= 0.6 is 0 Å². The molecule has 5 rings (SSSR count). The largest absolute Gasteiger partial charge is 0.388 e. The first-order valence-corrected chi connectivity index (χ1v) is 15.2. The van der Waals surface area contributed by atoms with Crippen molar-refractivity contribution in [3.63, 3.8) is 0 Å². The van der Waals surface area contributed by atoms with Crippen LogP contribution in [0.4, 0.5) is 11.4 Å². The van der Waals surface area contributed by atoms with Crippen LogP contribution in [0.15, 0.2) is 48.5 Å². The summed E-state index contributed by atoms with van der Waals surface area (Å²) in [6.07, 6.45) is 7.77. The topological polar surface area (TPSA) is 133 Å². The van der Waals surface area contributed by atoms with E-state index in [1.54, 1.807) is 30.7 Å². The number of benzene rings is 2. The predicted octanol–water partition coefficient (Wildman–Crippen LogP) is 4.56.